The van der Waals surface area contributed by atoms with E-state index >= 15 is 0 Å². The number of fused-ring (bicyclic) bond motifs is 3. The largest absolute Gasteiger partial charge is 0.354 e. The summed E-state index contributed by atoms with van der Waals surface area (Å²) in [6.07, 6.45) is 0.782. The summed E-state index contributed by atoms with van der Waals surface area (Å²) in [6.45, 7) is 4.67. The van der Waals surface area contributed by atoms with Crippen LogP contribution in [0.4, 0.5) is 0 Å². The Morgan fingerprint density at radius 1 is 1.12 bits per heavy atom. The summed E-state index contributed by atoms with van der Waals surface area (Å²) in [4.78, 5) is 27.7. The van der Waals surface area contributed by atoms with Crippen molar-refractivity contribution >= 4 is 23.6 Å². The fourth-order valence-corrected chi connectivity index (χ4v) is 5.46. The first-order valence-electron chi connectivity index (χ1n) is 8.90. The van der Waals surface area contributed by atoms with Crippen molar-refractivity contribution < 1.29 is 9.59 Å². The third kappa shape index (κ3) is 2.80. The van der Waals surface area contributed by atoms with Gasteiger partial charge in [0, 0.05) is 16.9 Å². The number of nitrogens with zero attached hydrogens (tertiary/aromatic N) is 1. The van der Waals surface area contributed by atoms with Crippen molar-refractivity contribution in [2.45, 2.75) is 36.4 Å². The minimum absolute atomic E-state index is 0.0353. The zero-order valence-corrected chi connectivity index (χ0v) is 15.8. The minimum Gasteiger partial charge on any atom is -0.354 e. The van der Waals surface area contributed by atoms with Gasteiger partial charge in [-0.1, -0.05) is 48.5 Å². The number of benzene rings is 2. The van der Waals surface area contributed by atoms with Crippen LogP contribution in [0.3, 0.4) is 0 Å². The highest BCUT2D eigenvalue weighted by Crippen LogP contribution is 2.56. The van der Waals surface area contributed by atoms with Gasteiger partial charge in [-0.25, -0.2) is 0 Å². The molecule has 1 saturated heterocycles. The van der Waals surface area contributed by atoms with Crippen LogP contribution < -0.4 is 5.32 Å². The predicted molar refractivity (Wildman–Crippen MR) is 104 cm³/mol. The Balaban J connectivity index is 1.50. The summed E-state index contributed by atoms with van der Waals surface area (Å²) in [6, 6.07) is 17.3. The number of amides is 2. The summed E-state index contributed by atoms with van der Waals surface area (Å²) in [5.41, 5.74) is 2.94. The molecule has 2 atom stereocenters. The first kappa shape index (κ1) is 17.2. The SMILES string of the molecule is CC1(C)SC2c3ccccc3C(=O)N2[C@@H]1C(=O)NCCc1ccccc1. The van der Waals surface area contributed by atoms with Crippen LogP contribution in [0.15, 0.2) is 54.6 Å². The Morgan fingerprint density at radius 2 is 1.81 bits per heavy atom. The number of rotatable bonds is 4. The molecule has 1 N–H and O–H groups in total. The monoisotopic (exact) mass is 366 g/mol. The zero-order chi connectivity index (χ0) is 18.3. The second kappa shape index (κ2) is 6.47. The molecule has 2 heterocycles. The van der Waals surface area contributed by atoms with Crippen LogP contribution in [0, 0.1) is 0 Å². The van der Waals surface area contributed by atoms with Crippen molar-refractivity contribution in [2.24, 2.45) is 0 Å². The molecule has 2 aliphatic rings. The van der Waals surface area contributed by atoms with E-state index in [9.17, 15) is 9.59 Å². The molecule has 2 aromatic rings. The molecular formula is C21H22N2O2S. The topological polar surface area (TPSA) is 49.4 Å². The number of nitrogens with one attached hydrogen (secondary N) is 1. The van der Waals surface area contributed by atoms with Gasteiger partial charge in [0.1, 0.15) is 11.4 Å². The highest BCUT2D eigenvalue weighted by Gasteiger charge is 2.57. The molecule has 5 heteroatoms. The Labute approximate surface area is 158 Å². The van der Waals surface area contributed by atoms with Crippen LogP contribution in [0.25, 0.3) is 0 Å². The van der Waals surface area contributed by atoms with E-state index in [4.69, 9.17) is 0 Å². The van der Waals surface area contributed by atoms with Crippen molar-refractivity contribution in [1.29, 1.82) is 0 Å². The molecule has 0 bridgehead atoms. The number of hydrogen-bond acceptors (Lipinski definition) is 3. The van der Waals surface area contributed by atoms with Gasteiger partial charge < -0.3 is 10.2 Å². The van der Waals surface area contributed by atoms with Crippen LogP contribution in [0.5, 0.6) is 0 Å². The van der Waals surface area contributed by atoms with Crippen LogP contribution >= 0.6 is 11.8 Å². The van der Waals surface area contributed by atoms with E-state index in [-0.39, 0.29) is 21.9 Å². The molecule has 4 nitrogen and oxygen atoms in total. The first-order chi connectivity index (χ1) is 12.5. The molecule has 2 aliphatic heterocycles. The lowest BCUT2D eigenvalue weighted by Gasteiger charge is -2.29. The van der Waals surface area contributed by atoms with Crippen molar-refractivity contribution in [2.75, 3.05) is 6.54 Å². The molecule has 2 aromatic carbocycles. The van der Waals surface area contributed by atoms with Crippen molar-refractivity contribution in [1.82, 2.24) is 10.2 Å². The number of carbonyl (C=O) groups excluding carboxylic acids is 2. The number of thioether (sulfide) groups is 1. The van der Waals surface area contributed by atoms with Crippen molar-refractivity contribution in [3.8, 4) is 0 Å². The Bertz CT molecular complexity index is 850. The number of carbonyl (C=O) groups is 2. The molecule has 134 valence electrons. The van der Waals surface area contributed by atoms with Gasteiger partial charge in [0.25, 0.3) is 5.91 Å². The van der Waals surface area contributed by atoms with Gasteiger partial charge in [-0.2, -0.15) is 0 Å². The third-order valence-corrected chi connectivity index (χ3v) is 6.64. The molecule has 26 heavy (non-hydrogen) atoms. The van der Waals surface area contributed by atoms with Crippen LogP contribution in [0.2, 0.25) is 0 Å². The van der Waals surface area contributed by atoms with E-state index in [0.717, 1.165) is 17.5 Å². The van der Waals surface area contributed by atoms with E-state index in [1.807, 2.05) is 56.3 Å². The third-order valence-electron chi connectivity index (χ3n) is 5.10. The minimum atomic E-state index is -0.465. The molecule has 0 spiro atoms. The summed E-state index contributed by atoms with van der Waals surface area (Å²) in [7, 11) is 0. The van der Waals surface area contributed by atoms with E-state index in [2.05, 4.69) is 17.4 Å². The maximum absolute atomic E-state index is 13.0. The Kier molecular flexibility index (Phi) is 4.27. The maximum Gasteiger partial charge on any atom is 0.256 e. The Hall–Kier alpha value is -2.27. The Morgan fingerprint density at radius 3 is 2.58 bits per heavy atom. The lowest BCUT2D eigenvalue weighted by Crippen LogP contribution is -2.52. The fourth-order valence-electron chi connectivity index (χ4n) is 3.88. The highest BCUT2D eigenvalue weighted by molar-refractivity contribution is 8.01. The molecule has 0 saturated carbocycles. The second-order valence-electron chi connectivity index (χ2n) is 7.30. The standard InChI is InChI=1S/C21H22N2O2S/c1-21(2)17(18(24)22-13-12-14-8-4-3-5-9-14)23-19(25)15-10-6-7-11-16(15)20(23)26-21/h3-11,17,20H,12-13H2,1-2H3,(H,22,24)/t17-,20?/m1/s1. The average molecular weight is 366 g/mol. The van der Waals surface area contributed by atoms with E-state index in [1.165, 1.54) is 5.56 Å². The normalized spacial score (nSPS) is 22.8. The van der Waals surface area contributed by atoms with E-state index in [1.54, 1.807) is 16.7 Å². The van der Waals surface area contributed by atoms with Crippen LogP contribution in [-0.2, 0) is 11.2 Å². The van der Waals surface area contributed by atoms with Gasteiger partial charge in [-0.05, 0) is 37.5 Å². The van der Waals surface area contributed by atoms with Gasteiger partial charge in [0.05, 0.1) is 0 Å². The molecule has 1 unspecified atom stereocenters. The molecule has 2 amide bonds. The van der Waals surface area contributed by atoms with Gasteiger partial charge in [-0.15, -0.1) is 11.8 Å². The first-order valence-corrected chi connectivity index (χ1v) is 9.78. The van der Waals surface area contributed by atoms with E-state index in [0.29, 0.717) is 6.54 Å². The molecule has 0 aliphatic carbocycles. The van der Waals surface area contributed by atoms with Gasteiger partial charge in [0.15, 0.2) is 0 Å². The number of hydrogen-bond donors (Lipinski definition) is 1. The van der Waals surface area contributed by atoms with Gasteiger partial charge in [-0.3, -0.25) is 9.59 Å². The predicted octanol–water partition coefficient (Wildman–Crippen LogP) is 3.39. The second-order valence-corrected chi connectivity index (χ2v) is 9.04. The van der Waals surface area contributed by atoms with Crippen LogP contribution in [-0.4, -0.2) is 34.0 Å². The summed E-state index contributed by atoms with van der Waals surface area (Å²) in [5, 5.41) is 2.97. The lowest BCUT2D eigenvalue weighted by molar-refractivity contribution is -0.126. The summed E-state index contributed by atoms with van der Waals surface area (Å²) < 4.78 is -0.329. The zero-order valence-electron chi connectivity index (χ0n) is 14.9. The summed E-state index contributed by atoms with van der Waals surface area (Å²) in [5.74, 6) is -0.103. The van der Waals surface area contributed by atoms with Gasteiger partial charge in [0.2, 0.25) is 5.91 Å². The smallest absolute Gasteiger partial charge is 0.256 e. The van der Waals surface area contributed by atoms with Crippen molar-refractivity contribution in [3.63, 3.8) is 0 Å². The molecule has 1 fully saturated rings. The summed E-state index contributed by atoms with van der Waals surface area (Å²) >= 11 is 1.70. The highest BCUT2D eigenvalue weighted by atomic mass is 32.2. The molecule has 4 rings (SSSR count). The van der Waals surface area contributed by atoms with E-state index < -0.39 is 6.04 Å². The molecular weight excluding hydrogens is 344 g/mol. The molecule has 0 aromatic heterocycles. The molecule has 0 radical (unpaired) electrons. The maximum atomic E-state index is 13.0. The fraction of sp³-hybridized carbons (Fsp3) is 0.333. The average Bonchev–Trinajstić information content (AvgIpc) is 3.06. The lowest BCUT2D eigenvalue weighted by atomic mass is 10.0. The van der Waals surface area contributed by atoms with Gasteiger partial charge >= 0.3 is 0 Å². The van der Waals surface area contributed by atoms with Crippen LogP contribution in [0.1, 0.15) is 40.7 Å². The van der Waals surface area contributed by atoms with Crippen molar-refractivity contribution in [3.05, 3.63) is 71.3 Å². The quantitative estimate of drug-likeness (QED) is 0.902.